The van der Waals surface area contributed by atoms with E-state index in [4.69, 9.17) is 4.74 Å². The SMILES string of the molecule is CC1CN(c2ccc(CNc3ccccc3S(=O)(=O)C(F)(F)F)cn2)CCO1. The number of benzene rings is 1. The van der Waals surface area contributed by atoms with Crippen LogP contribution in [0.25, 0.3) is 0 Å². The largest absolute Gasteiger partial charge is 0.501 e. The number of rotatable bonds is 5. The zero-order chi connectivity index (χ0) is 20.4. The summed E-state index contributed by atoms with van der Waals surface area (Å²) in [5.41, 5.74) is -4.75. The van der Waals surface area contributed by atoms with Gasteiger partial charge < -0.3 is 15.0 Å². The lowest BCUT2D eigenvalue weighted by molar-refractivity contribution is -0.0435. The lowest BCUT2D eigenvalue weighted by atomic mass is 10.2. The van der Waals surface area contributed by atoms with Crippen LogP contribution in [0.3, 0.4) is 0 Å². The van der Waals surface area contributed by atoms with Gasteiger partial charge in [0.1, 0.15) is 5.82 Å². The van der Waals surface area contributed by atoms with E-state index in [1.165, 1.54) is 18.2 Å². The minimum Gasteiger partial charge on any atom is -0.380 e. The fourth-order valence-electron chi connectivity index (χ4n) is 2.90. The molecule has 0 radical (unpaired) electrons. The minimum absolute atomic E-state index is 0.106. The van der Waals surface area contributed by atoms with Gasteiger partial charge in [0.25, 0.3) is 9.84 Å². The third-order valence-electron chi connectivity index (χ3n) is 4.34. The van der Waals surface area contributed by atoms with E-state index in [1.807, 2.05) is 13.0 Å². The van der Waals surface area contributed by atoms with Crippen LogP contribution in [0.2, 0.25) is 0 Å². The smallest absolute Gasteiger partial charge is 0.380 e. The molecule has 1 aliphatic rings. The molecule has 0 saturated carbocycles. The lowest BCUT2D eigenvalue weighted by Crippen LogP contribution is -2.41. The van der Waals surface area contributed by atoms with E-state index >= 15 is 0 Å². The lowest BCUT2D eigenvalue weighted by Gasteiger charge is -2.32. The standard InChI is InChI=1S/C18H20F3N3O3S/c1-13-12-24(8-9-27-13)17-7-6-14(11-23-17)10-22-15-4-2-3-5-16(15)28(25,26)18(19,20)21/h2-7,11,13,22H,8-10,12H2,1H3. The topological polar surface area (TPSA) is 71.5 Å². The summed E-state index contributed by atoms with van der Waals surface area (Å²) in [4.78, 5) is 5.69. The number of ether oxygens (including phenoxy) is 1. The fourth-order valence-corrected chi connectivity index (χ4v) is 3.84. The number of para-hydroxylation sites is 1. The molecule has 2 heterocycles. The molecular formula is C18H20F3N3O3S. The Morgan fingerprint density at radius 3 is 2.64 bits per heavy atom. The van der Waals surface area contributed by atoms with E-state index in [0.717, 1.165) is 25.0 Å². The van der Waals surface area contributed by atoms with E-state index in [9.17, 15) is 21.6 Å². The number of nitrogens with one attached hydrogen (secondary N) is 1. The molecule has 1 saturated heterocycles. The first-order valence-electron chi connectivity index (χ1n) is 8.64. The molecule has 3 rings (SSSR count). The van der Waals surface area contributed by atoms with Crippen molar-refractivity contribution >= 4 is 21.3 Å². The van der Waals surface area contributed by atoms with Crippen molar-refractivity contribution in [2.75, 3.05) is 29.9 Å². The Bertz CT molecular complexity index is 918. The molecule has 152 valence electrons. The molecule has 28 heavy (non-hydrogen) atoms. The predicted octanol–water partition coefficient (Wildman–Crippen LogP) is 3.21. The van der Waals surface area contributed by atoms with Crippen molar-refractivity contribution in [3.63, 3.8) is 0 Å². The molecule has 1 N–H and O–H groups in total. The number of anilines is 2. The number of alkyl halides is 3. The molecular weight excluding hydrogens is 395 g/mol. The second-order valence-corrected chi connectivity index (χ2v) is 8.36. The zero-order valence-corrected chi connectivity index (χ0v) is 15.9. The molecule has 0 bridgehead atoms. The van der Waals surface area contributed by atoms with Crippen molar-refractivity contribution in [2.24, 2.45) is 0 Å². The Kier molecular flexibility index (Phi) is 5.80. The van der Waals surface area contributed by atoms with Gasteiger partial charge in [-0.05, 0) is 30.7 Å². The summed E-state index contributed by atoms with van der Waals surface area (Å²) in [6.45, 7) is 4.20. The number of hydrogen-bond donors (Lipinski definition) is 1. The second kappa shape index (κ2) is 7.96. The number of halogens is 3. The van der Waals surface area contributed by atoms with E-state index in [-0.39, 0.29) is 18.3 Å². The molecule has 1 atom stereocenters. The molecule has 1 unspecified atom stereocenters. The van der Waals surface area contributed by atoms with Crippen molar-refractivity contribution in [2.45, 2.75) is 30.0 Å². The Hall–Kier alpha value is -2.33. The Balaban J connectivity index is 1.72. The monoisotopic (exact) mass is 415 g/mol. The van der Waals surface area contributed by atoms with Crippen LogP contribution in [0.1, 0.15) is 12.5 Å². The highest BCUT2D eigenvalue weighted by Crippen LogP contribution is 2.34. The molecule has 0 spiro atoms. The van der Waals surface area contributed by atoms with E-state index in [2.05, 4.69) is 15.2 Å². The first kappa shape index (κ1) is 20.4. The number of hydrogen-bond acceptors (Lipinski definition) is 6. The van der Waals surface area contributed by atoms with Crippen LogP contribution in [-0.4, -0.2) is 44.7 Å². The average Bonchev–Trinajstić information content (AvgIpc) is 2.66. The van der Waals surface area contributed by atoms with Crippen molar-refractivity contribution in [3.05, 3.63) is 48.2 Å². The maximum atomic E-state index is 12.9. The maximum Gasteiger partial charge on any atom is 0.501 e. The van der Waals surface area contributed by atoms with Gasteiger partial charge in [-0.25, -0.2) is 13.4 Å². The Labute approximate surface area is 161 Å². The normalized spacial score (nSPS) is 18.1. The van der Waals surface area contributed by atoms with Gasteiger partial charge in [-0.3, -0.25) is 0 Å². The molecule has 0 amide bonds. The summed E-state index contributed by atoms with van der Waals surface area (Å²) >= 11 is 0. The van der Waals surface area contributed by atoms with Crippen LogP contribution >= 0.6 is 0 Å². The van der Waals surface area contributed by atoms with Crippen LogP contribution in [-0.2, 0) is 21.1 Å². The molecule has 2 aromatic rings. The molecule has 1 aromatic heterocycles. The molecule has 1 aliphatic heterocycles. The molecule has 6 nitrogen and oxygen atoms in total. The third kappa shape index (κ3) is 4.39. The highest BCUT2D eigenvalue weighted by molar-refractivity contribution is 7.92. The summed E-state index contributed by atoms with van der Waals surface area (Å²) in [6.07, 6.45) is 1.73. The molecule has 1 aromatic carbocycles. The first-order chi connectivity index (χ1) is 13.2. The molecule has 10 heteroatoms. The summed E-state index contributed by atoms with van der Waals surface area (Å²) in [7, 11) is -5.43. The number of aromatic nitrogens is 1. The predicted molar refractivity (Wildman–Crippen MR) is 98.9 cm³/mol. The van der Waals surface area contributed by atoms with Crippen molar-refractivity contribution < 1.29 is 26.3 Å². The number of morpholine rings is 1. The van der Waals surface area contributed by atoms with E-state index < -0.39 is 20.2 Å². The van der Waals surface area contributed by atoms with Gasteiger partial charge >= 0.3 is 5.51 Å². The van der Waals surface area contributed by atoms with Gasteiger partial charge in [0.2, 0.25) is 0 Å². The van der Waals surface area contributed by atoms with Crippen LogP contribution in [0, 0.1) is 0 Å². The molecule has 0 aliphatic carbocycles. The van der Waals surface area contributed by atoms with Crippen LogP contribution < -0.4 is 10.2 Å². The van der Waals surface area contributed by atoms with E-state index in [1.54, 1.807) is 12.3 Å². The second-order valence-electron chi connectivity index (χ2n) is 6.45. The summed E-state index contributed by atoms with van der Waals surface area (Å²) < 4.78 is 67.6. The Morgan fingerprint density at radius 1 is 1.25 bits per heavy atom. The van der Waals surface area contributed by atoms with Gasteiger partial charge in [0, 0.05) is 25.8 Å². The van der Waals surface area contributed by atoms with Gasteiger partial charge in [-0.15, -0.1) is 0 Å². The minimum atomic E-state index is -5.43. The Morgan fingerprint density at radius 2 is 2.00 bits per heavy atom. The number of sulfone groups is 1. The van der Waals surface area contributed by atoms with Crippen molar-refractivity contribution in [1.82, 2.24) is 4.98 Å². The van der Waals surface area contributed by atoms with Gasteiger partial charge in [-0.1, -0.05) is 18.2 Å². The zero-order valence-electron chi connectivity index (χ0n) is 15.1. The number of pyridine rings is 1. The van der Waals surface area contributed by atoms with Crippen molar-refractivity contribution in [3.8, 4) is 0 Å². The summed E-state index contributed by atoms with van der Waals surface area (Å²) in [5, 5.41) is 2.76. The maximum absolute atomic E-state index is 12.9. The molecule has 1 fully saturated rings. The van der Waals surface area contributed by atoms with Gasteiger partial charge in [0.05, 0.1) is 23.3 Å². The quantitative estimate of drug-likeness (QED) is 0.809. The summed E-state index contributed by atoms with van der Waals surface area (Å²) in [5.74, 6) is 0.791. The third-order valence-corrected chi connectivity index (χ3v) is 5.88. The number of nitrogens with zero attached hydrogens (tertiary/aromatic N) is 2. The van der Waals surface area contributed by atoms with Gasteiger partial charge in [-0.2, -0.15) is 13.2 Å². The van der Waals surface area contributed by atoms with E-state index in [0.29, 0.717) is 12.2 Å². The highest BCUT2D eigenvalue weighted by atomic mass is 32.2. The van der Waals surface area contributed by atoms with Crippen LogP contribution in [0.15, 0.2) is 47.5 Å². The van der Waals surface area contributed by atoms with Crippen LogP contribution in [0.5, 0.6) is 0 Å². The highest BCUT2D eigenvalue weighted by Gasteiger charge is 2.47. The first-order valence-corrected chi connectivity index (χ1v) is 10.1. The average molecular weight is 415 g/mol. The van der Waals surface area contributed by atoms with Crippen LogP contribution in [0.4, 0.5) is 24.7 Å². The summed E-state index contributed by atoms with van der Waals surface area (Å²) in [6, 6.07) is 8.59. The fraction of sp³-hybridized carbons (Fsp3) is 0.389. The van der Waals surface area contributed by atoms with Crippen molar-refractivity contribution in [1.29, 1.82) is 0 Å². The van der Waals surface area contributed by atoms with Gasteiger partial charge in [0.15, 0.2) is 0 Å².